The van der Waals surface area contributed by atoms with Crippen LogP contribution in [0.15, 0.2) is 40.9 Å². The summed E-state index contributed by atoms with van der Waals surface area (Å²) in [5.41, 5.74) is 1.36. The Bertz CT molecular complexity index is 660. The van der Waals surface area contributed by atoms with Crippen molar-refractivity contribution in [2.24, 2.45) is 0 Å². The van der Waals surface area contributed by atoms with Crippen LogP contribution in [0.25, 0.3) is 11.3 Å². The topological polar surface area (TPSA) is 49.6 Å². The zero-order chi connectivity index (χ0) is 14.9. The van der Waals surface area contributed by atoms with E-state index in [0.29, 0.717) is 17.5 Å². The molecule has 0 atom stereocenters. The van der Waals surface area contributed by atoms with E-state index in [4.69, 9.17) is 4.52 Å². The van der Waals surface area contributed by atoms with Gasteiger partial charge >= 0.3 is 0 Å². The van der Waals surface area contributed by atoms with Gasteiger partial charge in [-0.05, 0) is 12.8 Å². The second kappa shape index (κ2) is 5.57. The van der Waals surface area contributed by atoms with E-state index < -0.39 is 0 Å². The maximum absolute atomic E-state index is 12.8. The van der Waals surface area contributed by atoms with Crippen LogP contribution in [0.2, 0.25) is 0 Å². The third kappa shape index (κ3) is 2.41. The van der Waals surface area contributed by atoms with E-state index in [1.807, 2.05) is 35.2 Å². The number of carbonyl (C=O) groups is 1. The van der Waals surface area contributed by atoms with Gasteiger partial charge in [-0.25, -0.2) is 0 Å². The molecule has 0 unspecified atom stereocenters. The molecule has 3 aliphatic heterocycles. The Morgan fingerprint density at radius 2 is 1.86 bits per heavy atom. The molecule has 3 aliphatic rings. The number of hydrogen-bond donors (Lipinski definition) is 0. The lowest BCUT2D eigenvalue weighted by molar-refractivity contribution is 0.0674. The summed E-state index contributed by atoms with van der Waals surface area (Å²) in [6.07, 6.45) is 2.13. The summed E-state index contributed by atoms with van der Waals surface area (Å²) in [5.74, 6) is 0.645. The van der Waals surface area contributed by atoms with Gasteiger partial charge in [-0.1, -0.05) is 35.5 Å². The molecule has 5 rings (SSSR count). The summed E-state index contributed by atoms with van der Waals surface area (Å²) in [6.45, 7) is 3.95. The van der Waals surface area contributed by atoms with Crippen LogP contribution in [0.5, 0.6) is 0 Å². The Labute approximate surface area is 129 Å². The molecule has 4 heterocycles. The van der Waals surface area contributed by atoms with Gasteiger partial charge in [0.25, 0.3) is 5.91 Å². The average molecular weight is 297 g/mol. The van der Waals surface area contributed by atoms with E-state index in [9.17, 15) is 4.79 Å². The Hall–Kier alpha value is -2.14. The SMILES string of the molecule is O=C(c1cc(-c2ccccc2)on1)N1CCN2CCC1CC2. The van der Waals surface area contributed by atoms with Gasteiger partial charge in [0, 0.05) is 43.9 Å². The lowest BCUT2D eigenvalue weighted by atomic mass is 10.0. The van der Waals surface area contributed by atoms with Crippen molar-refractivity contribution < 1.29 is 9.32 Å². The highest BCUT2D eigenvalue weighted by atomic mass is 16.5. The third-order valence-electron chi connectivity index (χ3n) is 4.70. The molecule has 5 heteroatoms. The normalized spacial score (nSPS) is 24.3. The minimum absolute atomic E-state index is 0.000295. The summed E-state index contributed by atoms with van der Waals surface area (Å²) in [6, 6.07) is 11.9. The van der Waals surface area contributed by atoms with E-state index in [-0.39, 0.29) is 5.91 Å². The molecule has 5 nitrogen and oxygen atoms in total. The zero-order valence-corrected chi connectivity index (χ0v) is 12.4. The summed E-state index contributed by atoms with van der Waals surface area (Å²) < 4.78 is 5.37. The highest BCUT2D eigenvalue weighted by Crippen LogP contribution is 2.24. The Morgan fingerprint density at radius 3 is 2.64 bits per heavy atom. The Morgan fingerprint density at radius 1 is 1.09 bits per heavy atom. The highest BCUT2D eigenvalue weighted by molar-refractivity contribution is 5.93. The van der Waals surface area contributed by atoms with E-state index in [1.54, 1.807) is 6.07 Å². The van der Waals surface area contributed by atoms with Crippen molar-refractivity contribution in [3.63, 3.8) is 0 Å². The zero-order valence-electron chi connectivity index (χ0n) is 12.4. The Kier molecular flexibility index (Phi) is 3.42. The first-order valence-corrected chi connectivity index (χ1v) is 7.87. The second-order valence-electron chi connectivity index (χ2n) is 6.01. The largest absolute Gasteiger partial charge is 0.355 e. The first-order chi connectivity index (χ1) is 10.8. The van der Waals surface area contributed by atoms with Crippen LogP contribution in [-0.2, 0) is 0 Å². The minimum atomic E-state index is -0.000295. The van der Waals surface area contributed by atoms with Crippen LogP contribution in [-0.4, -0.2) is 53.1 Å². The molecular formula is C17H19N3O2. The lowest BCUT2D eigenvalue weighted by Gasteiger charge is -2.30. The van der Waals surface area contributed by atoms with Crippen LogP contribution < -0.4 is 0 Å². The molecule has 0 spiro atoms. The molecule has 3 fully saturated rings. The Balaban J connectivity index is 1.57. The van der Waals surface area contributed by atoms with Crippen molar-refractivity contribution in [2.45, 2.75) is 18.9 Å². The molecule has 0 radical (unpaired) electrons. The summed E-state index contributed by atoms with van der Waals surface area (Å²) in [4.78, 5) is 17.2. The maximum atomic E-state index is 12.8. The molecule has 1 amide bonds. The number of piperidine rings is 1. The molecule has 2 aromatic rings. The van der Waals surface area contributed by atoms with Crippen LogP contribution in [0.4, 0.5) is 0 Å². The van der Waals surface area contributed by atoms with Crippen molar-refractivity contribution in [3.05, 3.63) is 42.1 Å². The highest BCUT2D eigenvalue weighted by Gasteiger charge is 2.33. The van der Waals surface area contributed by atoms with Gasteiger partial charge in [-0.3, -0.25) is 4.79 Å². The van der Waals surface area contributed by atoms with E-state index in [2.05, 4.69) is 10.1 Å². The predicted molar refractivity (Wildman–Crippen MR) is 82.4 cm³/mol. The molecule has 0 aliphatic carbocycles. The fourth-order valence-corrected chi connectivity index (χ4v) is 3.42. The van der Waals surface area contributed by atoms with Gasteiger partial charge in [0.2, 0.25) is 0 Å². The van der Waals surface area contributed by atoms with Gasteiger partial charge in [0.05, 0.1) is 0 Å². The van der Waals surface area contributed by atoms with Gasteiger partial charge in [-0.15, -0.1) is 0 Å². The molecule has 114 valence electrons. The smallest absolute Gasteiger partial charge is 0.276 e. The summed E-state index contributed by atoms with van der Waals surface area (Å²) in [5, 5.41) is 4.00. The summed E-state index contributed by atoms with van der Waals surface area (Å²) >= 11 is 0. The number of aromatic nitrogens is 1. The molecule has 0 N–H and O–H groups in total. The lowest BCUT2D eigenvalue weighted by Crippen LogP contribution is -2.41. The first kappa shape index (κ1) is 13.5. The van der Waals surface area contributed by atoms with E-state index >= 15 is 0 Å². The van der Waals surface area contributed by atoms with Crippen molar-refractivity contribution in [1.82, 2.24) is 15.0 Å². The number of carbonyl (C=O) groups excluding carboxylic acids is 1. The first-order valence-electron chi connectivity index (χ1n) is 7.87. The average Bonchev–Trinajstić information content (AvgIpc) is 2.88. The quantitative estimate of drug-likeness (QED) is 0.853. The van der Waals surface area contributed by atoms with Crippen LogP contribution >= 0.6 is 0 Å². The molecular weight excluding hydrogens is 278 g/mol. The number of benzene rings is 1. The summed E-state index contributed by atoms with van der Waals surface area (Å²) in [7, 11) is 0. The van der Waals surface area contributed by atoms with Crippen molar-refractivity contribution in [2.75, 3.05) is 26.2 Å². The van der Waals surface area contributed by atoms with Gasteiger partial charge in [-0.2, -0.15) is 0 Å². The number of amides is 1. The monoisotopic (exact) mass is 297 g/mol. The number of rotatable bonds is 2. The molecule has 1 aromatic heterocycles. The molecule has 1 aromatic carbocycles. The second-order valence-corrected chi connectivity index (χ2v) is 6.01. The minimum Gasteiger partial charge on any atom is -0.355 e. The van der Waals surface area contributed by atoms with Gasteiger partial charge < -0.3 is 14.3 Å². The molecule has 22 heavy (non-hydrogen) atoms. The maximum Gasteiger partial charge on any atom is 0.276 e. The predicted octanol–water partition coefficient (Wildman–Crippen LogP) is 2.26. The fraction of sp³-hybridized carbons (Fsp3) is 0.412. The fourth-order valence-electron chi connectivity index (χ4n) is 3.42. The van der Waals surface area contributed by atoms with Crippen LogP contribution in [0.3, 0.4) is 0 Å². The number of fused-ring (bicyclic) bond motifs is 4. The van der Waals surface area contributed by atoms with Crippen LogP contribution in [0, 0.1) is 0 Å². The van der Waals surface area contributed by atoms with Crippen molar-refractivity contribution in [3.8, 4) is 11.3 Å². The standard InChI is InChI=1S/C17H19N3O2/c21-17(20-11-10-19-8-6-14(20)7-9-19)15-12-16(22-18-15)13-4-2-1-3-5-13/h1-5,12,14H,6-11H2. The number of nitrogens with zero attached hydrogens (tertiary/aromatic N) is 3. The number of hydrogen-bond acceptors (Lipinski definition) is 4. The molecule has 2 bridgehead atoms. The van der Waals surface area contributed by atoms with Crippen molar-refractivity contribution >= 4 is 5.91 Å². The van der Waals surface area contributed by atoms with Crippen LogP contribution in [0.1, 0.15) is 23.3 Å². The molecule has 0 saturated carbocycles. The third-order valence-corrected chi connectivity index (χ3v) is 4.70. The molecule has 3 saturated heterocycles. The van der Waals surface area contributed by atoms with Gasteiger partial charge in [0.15, 0.2) is 11.5 Å². The van der Waals surface area contributed by atoms with E-state index in [0.717, 1.165) is 44.6 Å². The van der Waals surface area contributed by atoms with E-state index in [1.165, 1.54) is 0 Å². The van der Waals surface area contributed by atoms with Crippen molar-refractivity contribution in [1.29, 1.82) is 0 Å². The van der Waals surface area contributed by atoms with Gasteiger partial charge in [0.1, 0.15) is 0 Å².